The topological polar surface area (TPSA) is 67.3 Å². The number of rotatable bonds is 2. The molecule has 1 aliphatic rings. The Morgan fingerprint density at radius 1 is 1.35 bits per heavy atom. The second kappa shape index (κ2) is 5.04. The minimum Gasteiger partial charge on any atom is -0.387 e. The first-order chi connectivity index (χ1) is 7.98. The largest absolute Gasteiger partial charge is 0.387 e. The Morgan fingerprint density at radius 2 is 2.00 bits per heavy atom. The first-order valence-corrected chi connectivity index (χ1v) is 8.10. The Labute approximate surface area is 109 Å². The van der Waals surface area contributed by atoms with Crippen LogP contribution in [0, 0.1) is 5.92 Å². The van der Waals surface area contributed by atoms with Gasteiger partial charge < -0.3 is 5.11 Å². The van der Waals surface area contributed by atoms with Crippen molar-refractivity contribution in [2.75, 3.05) is 11.5 Å². The Morgan fingerprint density at radius 3 is 2.59 bits per heavy atom. The number of hydrogen-bond donors (Lipinski definition) is 1. The van der Waals surface area contributed by atoms with Crippen LogP contribution in [0.25, 0.3) is 0 Å². The van der Waals surface area contributed by atoms with Gasteiger partial charge in [0.25, 0.3) is 0 Å². The molecular weight excluding hydrogens is 306 g/mol. The van der Waals surface area contributed by atoms with Crippen LogP contribution < -0.4 is 0 Å². The first-order valence-electron chi connectivity index (χ1n) is 5.49. The average Bonchev–Trinajstić information content (AvgIpc) is 2.28. The number of aliphatic hydroxyl groups is 1. The average molecular weight is 320 g/mol. The van der Waals surface area contributed by atoms with Gasteiger partial charge >= 0.3 is 0 Å². The highest BCUT2D eigenvalue weighted by molar-refractivity contribution is 9.10. The summed E-state index contributed by atoms with van der Waals surface area (Å²) >= 11 is 3.25. The summed E-state index contributed by atoms with van der Waals surface area (Å²) in [6.45, 7) is 0. The maximum Gasteiger partial charge on any atom is 0.150 e. The summed E-state index contributed by atoms with van der Waals surface area (Å²) in [5.41, 5.74) is 0.601. The summed E-state index contributed by atoms with van der Waals surface area (Å²) in [6, 6.07) is 5.37. The predicted octanol–water partition coefficient (Wildman–Crippen LogP) is 1.70. The van der Waals surface area contributed by atoms with Gasteiger partial charge in [-0.25, -0.2) is 13.4 Å². The highest BCUT2D eigenvalue weighted by atomic mass is 79.9. The minimum atomic E-state index is -2.88. The van der Waals surface area contributed by atoms with Gasteiger partial charge in [0.2, 0.25) is 0 Å². The normalized spacial score (nSPS) is 22.2. The van der Waals surface area contributed by atoms with Gasteiger partial charge in [-0.05, 0) is 46.8 Å². The van der Waals surface area contributed by atoms with Crippen molar-refractivity contribution in [3.63, 3.8) is 0 Å². The van der Waals surface area contributed by atoms with Gasteiger partial charge in [0, 0.05) is 0 Å². The van der Waals surface area contributed by atoms with Gasteiger partial charge in [-0.3, -0.25) is 0 Å². The molecule has 1 saturated heterocycles. The van der Waals surface area contributed by atoms with Crippen molar-refractivity contribution in [1.82, 2.24) is 4.98 Å². The second-order valence-electron chi connectivity index (χ2n) is 4.32. The molecule has 6 heteroatoms. The van der Waals surface area contributed by atoms with Crippen molar-refractivity contribution < 1.29 is 13.5 Å². The zero-order valence-corrected chi connectivity index (χ0v) is 11.6. The molecule has 1 atom stereocenters. The molecule has 4 nitrogen and oxygen atoms in total. The highest BCUT2D eigenvalue weighted by Gasteiger charge is 2.29. The molecule has 1 fully saturated rings. The third-order valence-corrected chi connectivity index (χ3v) is 5.24. The molecule has 17 heavy (non-hydrogen) atoms. The van der Waals surface area contributed by atoms with Crippen molar-refractivity contribution in [2.45, 2.75) is 18.9 Å². The number of hydrogen-bond acceptors (Lipinski definition) is 4. The van der Waals surface area contributed by atoms with Crippen LogP contribution in [0.15, 0.2) is 22.8 Å². The Bertz CT molecular complexity index is 489. The Balaban J connectivity index is 2.09. The first kappa shape index (κ1) is 13.0. The van der Waals surface area contributed by atoms with E-state index in [1.165, 1.54) is 0 Å². The van der Waals surface area contributed by atoms with Crippen LogP contribution >= 0.6 is 15.9 Å². The van der Waals surface area contributed by atoms with Gasteiger partial charge in [0.1, 0.15) is 14.4 Å². The lowest BCUT2D eigenvalue weighted by Gasteiger charge is -2.26. The molecule has 1 aliphatic heterocycles. The molecule has 2 rings (SSSR count). The van der Waals surface area contributed by atoms with E-state index in [1.807, 2.05) is 6.07 Å². The van der Waals surface area contributed by atoms with Gasteiger partial charge in [0.15, 0.2) is 0 Å². The number of pyridine rings is 1. The molecule has 1 aromatic rings. The van der Waals surface area contributed by atoms with E-state index in [-0.39, 0.29) is 17.4 Å². The lowest BCUT2D eigenvalue weighted by molar-refractivity contribution is 0.0978. The van der Waals surface area contributed by atoms with E-state index >= 15 is 0 Å². The minimum absolute atomic E-state index is 0.0136. The van der Waals surface area contributed by atoms with Crippen LogP contribution in [0.3, 0.4) is 0 Å². The molecule has 1 aromatic heterocycles. The van der Waals surface area contributed by atoms with Crippen molar-refractivity contribution >= 4 is 25.8 Å². The predicted molar refractivity (Wildman–Crippen MR) is 68.3 cm³/mol. The van der Waals surface area contributed by atoms with Gasteiger partial charge in [-0.15, -0.1) is 0 Å². The summed E-state index contributed by atoms with van der Waals surface area (Å²) in [5.74, 6) is 0.325. The molecule has 0 bridgehead atoms. The van der Waals surface area contributed by atoms with Crippen LogP contribution in [0.5, 0.6) is 0 Å². The van der Waals surface area contributed by atoms with Crippen molar-refractivity contribution in [2.24, 2.45) is 5.92 Å². The third-order valence-electron chi connectivity index (χ3n) is 3.09. The molecule has 0 amide bonds. The van der Waals surface area contributed by atoms with E-state index in [0.29, 0.717) is 23.1 Å². The van der Waals surface area contributed by atoms with Gasteiger partial charge in [0.05, 0.1) is 23.3 Å². The van der Waals surface area contributed by atoms with Gasteiger partial charge in [-0.2, -0.15) is 0 Å². The molecule has 94 valence electrons. The highest BCUT2D eigenvalue weighted by Crippen LogP contribution is 2.31. The maximum atomic E-state index is 11.3. The molecule has 1 N–H and O–H groups in total. The summed E-state index contributed by atoms with van der Waals surface area (Å²) < 4.78 is 23.3. The van der Waals surface area contributed by atoms with Crippen molar-refractivity contribution in [3.8, 4) is 0 Å². The standard InChI is InChI=1S/C11H14BrNO3S/c12-10-3-1-2-9(13-10)11(14)8-4-6-17(15,16)7-5-8/h1-3,8,11,14H,4-7H2. The third kappa shape index (κ3) is 3.26. The van der Waals surface area contributed by atoms with E-state index < -0.39 is 15.9 Å². The molecule has 0 saturated carbocycles. The van der Waals surface area contributed by atoms with E-state index in [4.69, 9.17) is 0 Å². The van der Waals surface area contributed by atoms with Crippen LogP contribution in [-0.2, 0) is 9.84 Å². The van der Waals surface area contributed by atoms with Crippen LogP contribution in [-0.4, -0.2) is 30.0 Å². The van der Waals surface area contributed by atoms with E-state index in [0.717, 1.165) is 0 Å². The number of nitrogens with zero attached hydrogens (tertiary/aromatic N) is 1. The number of halogens is 1. The second-order valence-corrected chi connectivity index (χ2v) is 7.44. The van der Waals surface area contributed by atoms with Crippen LogP contribution in [0.1, 0.15) is 24.6 Å². The molecule has 0 aliphatic carbocycles. The van der Waals surface area contributed by atoms with E-state index in [9.17, 15) is 13.5 Å². The lowest BCUT2D eigenvalue weighted by Crippen LogP contribution is -2.27. The number of sulfone groups is 1. The summed E-state index contributed by atoms with van der Waals surface area (Å²) in [5, 5.41) is 10.2. The molecule has 2 heterocycles. The van der Waals surface area contributed by atoms with Crippen LogP contribution in [0.2, 0.25) is 0 Å². The Hall–Kier alpha value is -0.460. The molecule has 0 spiro atoms. The van der Waals surface area contributed by atoms with Crippen molar-refractivity contribution in [1.29, 1.82) is 0 Å². The zero-order chi connectivity index (χ0) is 12.5. The lowest BCUT2D eigenvalue weighted by atomic mass is 9.93. The Kier molecular flexibility index (Phi) is 3.85. The number of aromatic nitrogens is 1. The summed E-state index contributed by atoms with van der Waals surface area (Å²) in [7, 11) is -2.88. The molecule has 0 aromatic carbocycles. The summed E-state index contributed by atoms with van der Waals surface area (Å²) in [6.07, 6.45) is 0.345. The fourth-order valence-electron chi connectivity index (χ4n) is 2.05. The van der Waals surface area contributed by atoms with Crippen LogP contribution in [0.4, 0.5) is 0 Å². The van der Waals surface area contributed by atoms with E-state index in [1.54, 1.807) is 12.1 Å². The maximum absolute atomic E-state index is 11.3. The van der Waals surface area contributed by atoms with Gasteiger partial charge in [-0.1, -0.05) is 6.07 Å². The summed E-state index contributed by atoms with van der Waals surface area (Å²) in [4.78, 5) is 4.20. The molecule has 1 unspecified atom stereocenters. The van der Waals surface area contributed by atoms with Crippen molar-refractivity contribution in [3.05, 3.63) is 28.5 Å². The number of aliphatic hydroxyl groups excluding tert-OH is 1. The molecular formula is C11H14BrNO3S. The molecule has 0 radical (unpaired) electrons. The SMILES string of the molecule is O=S1(=O)CCC(C(O)c2cccc(Br)n2)CC1. The monoisotopic (exact) mass is 319 g/mol. The van der Waals surface area contributed by atoms with E-state index in [2.05, 4.69) is 20.9 Å². The smallest absolute Gasteiger partial charge is 0.150 e. The fraction of sp³-hybridized carbons (Fsp3) is 0.545. The quantitative estimate of drug-likeness (QED) is 0.842. The fourth-order valence-corrected chi connectivity index (χ4v) is 3.94. The zero-order valence-electron chi connectivity index (χ0n) is 9.21.